The molecule has 0 radical (unpaired) electrons. The first-order valence-corrected chi connectivity index (χ1v) is 11.1. The number of benzene rings is 1. The molecule has 2 saturated heterocycles. The van der Waals surface area contributed by atoms with Gasteiger partial charge in [-0.3, -0.25) is 9.59 Å². The lowest BCUT2D eigenvalue weighted by atomic mass is 9.99. The number of aliphatic hydroxyl groups is 1. The fourth-order valence-corrected chi connectivity index (χ4v) is 5.16. The fraction of sp³-hybridized carbons (Fsp3) is 0.579. The highest BCUT2D eigenvalue weighted by atomic mass is 32.2. The first-order chi connectivity index (χ1) is 13.3. The molecule has 0 aromatic heterocycles. The number of hydrogen-bond acceptors (Lipinski definition) is 5. The van der Waals surface area contributed by atoms with Gasteiger partial charge in [0.15, 0.2) is 0 Å². The van der Waals surface area contributed by atoms with E-state index in [1.54, 1.807) is 24.0 Å². The van der Waals surface area contributed by atoms with Gasteiger partial charge in [-0.05, 0) is 50.5 Å². The Labute approximate surface area is 165 Å². The summed E-state index contributed by atoms with van der Waals surface area (Å²) in [5.41, 5.74) is 0.704. The van der Waals surface area contributed by atoms with Gasteiger partial charge < -0.3 is 15.3 Å². The molecule has 8 nitrogen and oxygen atoms in total. The van der Waals surface area contributed by atoms with Gasteiger partial charge in [0, 0.05) is 38.3 Å². The number of hydrogen-bond donors (Lipinski definition) is 2. The van der Waals surface area contributed by atoms with E-state index >= 15 is 0 Å². The SMILES string of the molecule is C[C@H](O)CNC(=O)[C@@H]1CCCN(S(=O)(=O)c2ccc(N3CCCC3=O)cc2)C1. The lowest BCUT2D eigenvalue weighted by molar-refractivity contribution is -0.126. The number of rotatable bonds is 6. The van der Waals surface area contributed by atoms with Crippen LogP contribution in [0.1, 0.15) is 32.6 Å². The molecular weight excluding hydrogens is 382 g/mol. The van der Waals surface area contributed by atoms with Crippen molar-refractivity contribution in [1.82, 2.24) is 9.62 Å². The zero-order valence-corrected chi connectivity index (χ0v) is 16.8. The highest BCUT2D eigenvalue weighted by Crippen LogP contribution is 2.27. The molecule has 0 bridgehead atoms. The van der Waals surface area contributed by atoms with E-state index in [0.29, 0.717) is 38.0 Å². The quantitative estimate of drug-likeness (QED) is 0.720. The number of amides is 2. The molecule has 2 heterocycles. The molecule has 3 rings (SSSR count). The maximum atomic E-state index is 13.0. The first-order valence-electron chi connectivity index (χ1n) is 9.65. The van der Waals surface area contributed by atoms with E-state index in [1.807, 2.05) is 0 Å². The van der Waals surface area contributed by atoms with Crippen molar-refractivity contribution in [2.45, 2.75) is 43.6 Å². The van der Waals surface area contributed by atoms with E-state index in [1.165, 1.54) is 16.4 Å². The summed E-state index contributed by atoms with van der Waals surface area (Å²) < 4.78 is 27.3. The third kappa shape index (κ3) is 4.53. The van der Waals surface area contributed by atoms with Gasteiger partial charge in [0.05, 0.1) is 16.9 Å². The maximum absolute atomic E-state index is 13.0. The minimum atomic E-state index is -3.71. The van der Waals surface area contributed by atoms with Gasteiger partial charge >= 0.3 is 0 Å². The number of aliphatic hydroxyl groups excluding tert-OH is 1. The molecule has 2 atom stereocenters. The van der Waals surface area contributed by atoms with E-state index in [9.17, 15) is 23.1 Å². The van der Waals surface area contributed by atoms with Gasteiger partial charge in [0.1, 0.15) is 0 Å². The highest BCUT2D eigenvalue weighted by molar-refractivity contribution is 7.89. The van der Waals surface area contributed by atoms with Crippen LogP contribution in [0.2, 0.25) is 0 Å². The standard InChI is InChI=1S/C19H27N3O5S/c1-14(23)12-20-19(25)15-4-2-10-21(13-15)28(26,27)17-8-6-16(7-9-17)22-11-3-5-18(22)24/h6-9,14-15,23H,2-5,10-13H2,1H3,(H,20,25)/t14-,15+/m0/s1. The Kier molecular flexibility index (Phi) is 6.36. The molecule has 2 aliphatic rings. The maximum Gasteiger partial charge on any atom is 0.243 e. The predicted octanol–water partition coefficient (Wildman–Crippen LogP) is 0.711. The molecule has 0 saturated carbocycles. The largest absolute Gasteiger partial charge is 0.392 e. The summed E-state index contributed by atoms with van der Waals surface area (Å²) in [5.74, 6) is -0.606. The third-order valence-electron chi connectivity index (χ3n) is 5.19. The van der Waals surface area contributed by atoms with Gasteiger partial charge in [0.25, 0.3) is 0 Å². The minimum absolute atomic E-state index is 0.0534. The van der Waals surface area contributed by atoms with Crippen molar-refractivity contribution in [3.63, 3.8) is 0 Å². The summed E-state index contributed by atoms with van der Waals surface area (Å²) in [7, 11) is -3.71. The first kappa shape index (κ1) is 20.8. The zero-order valence-electron chi connectivity index (χ0n) is 16.0. The van der Waals surface area contributed by atoms with Crippen LogP contribution in [0.25, 0.3) is 0 Å². The van der Waals surface area contributed by atoms with Crippen molar-refractivity contribution in [3.05, 3.63) is 24.3 Å². The molecule has 154 valence electrons. The smallest absolute Gasteiger partial charge is 0.243 e. The number of nitrogens with one attached hydrogen (secondary N) is 1. The molecule has 0 aliphatic carbocycles. The van der Waals surface area contributed by atoms with Gasteiger partial charge in [-0.25, -0.2) is 8.42 Å². The molecule has 1 aromatic rings. The summed E-state index contributed by atoms with van der Waals surface area (Å²) in [5, 5.41) is 12.0. The third-order valence-corrected chi connectivity index (χ3v) is 7.07. The van der Waals surface area contributed by atoms with Crippen molar-refractivity contribution in [3.8, 4) is 0 Å². The Morgan fingerprint density at radius 1 is 1.25 bits per heavy atom. The van der Waals surface area contributed by atoms with Crippen LogP contribution in [0.3, 0.4) is 0 Å². The van der Waals surface area contributed by atoms with Crippen LogP contribution in [0.15, 0.2) is 29.2 Å². The van der Waals surface area contributed by atoms with E-state index in [2.05, 4.69) is 5.32 Å². The second-order valence-corrected chi connectivity index (χ2v) is 9.38. The Morgan fingerprint density at radius 2 is 1.96 bits per heavy atom. The zero-order chi connectivity index (χ0) is 20.3. The molecule has 2 amide bonds. The van der Waals surface area contributed by atoms with Crippen LogP contribution in [-0.2, 0) is 19.6 Å². The van der Waals surface area contributed by atoms with Crippen LogP contribution in [-0.4, -0.2) is 61.9 Å². The van der Waals surface area contributed by atoms with E-state index < -0.39 is 22.0 Å². The number of nitrogens with zero attached hydrogens (tertiary/aromatic N) is 2. The molecule has 2 aliphatic heterocycles. The van der Waals surface area contributed by atoms with Gasteiger partial charge in [-0.2, -0.15) is 4.31 Å². The van der Waals surface area contributed by atoms with Crippen LogP contribution in [0.4, 0.5) is 5.69 Å². The Morgan fingerprint density at radius 3 is 2.57 bits per heavy atom. The van der Waals surface area contributed by atoms with Crippen LogP contribution >= 0.6 is 0 Å². The summed E-state index contributed by atoms with van der Waals surface area (Å²) in [6.45, 7) is 2.88. The van der Waals surface area contributed by atoms with Crippen molar-refractivity contribution in [2.75, 3.05) is 31.1 Å². The van der Waals surface area contributed by atoms with Crippen molar-refractivity contribution >= 4 is 27.5 Å². The molecule has 9 heteroatoms. The average Bonchev–Trinajstić information content (AvgIpc) is 3.12. The molecule has 0 spiro atoms. The van der Waals surface area contributed by atoms with Gasteiger partial charge in [0.2, 0.25) is 21.8 Å². The van der Waals surface area contributed by atoms with E-state index in [4.69, 9.17) is 0 Å². The summed E-state index contributed by atoms with van der Waals surface area (Å²) in [6, 6.07) is 6.36. The molecule has 1 aromatic carbocycles. The monoisotopic (exact) mass is 409 g/mol. The topological polar surface area (TPSA) is 107 Å². The number of carbonyl (C=O) groups is 2. The Hall–Kier alpha value is -1.97. The lowest BCUT2D eigenvalue weighted by Gasteiger charge is -2.31. The Bertz CT molecular complexity index is 822. The number of piperidine rings is 1. The second kappa shape index (κ2) is 8.59. The van der Waals surface area contributed by atoms with Crippen LogP contribution in [0, 0.1) is 5.92 Å². The average molecular weight is 410 g/mol. The van der Waals surface area contributed by atoms with Crippen molar-refractivity contribution in [2.24, 2.45) is 5.92 Å². The number of sulfonamides is 1. The summed E-state index contributed by atoms with van der Waals surface area (Å²) >= 11 is 0. The molecule has 0 unspecified atom stereocenters. The minimum Gasteiger partial charge on any atom is -0.392 e. The second-order valence-electron chi connectivity index (χ2n) is 7.44. The number of carbonyl (C=O) groups excluding carboxylic acids is 2. The summed E-state index contributed by atoms with van der Waals surface area (Å²) in [6.07, 6.45) is 1.91. The highest BCUT2D eigenvalue weighted by Gasteiger charge is 2.33. The number of anilines is 1. The lowest BCUT2D eigenvalue weighted by Crippen LogP contribution is -2.46. The van der Waals surface area contributed by atoms with Crippen LogP contribution in [0.5, 0.6) is 0 Å². The van der Waals surface area contributed by atoms with Crippen molar-refractivity contribution < 1.29 is 23.1 Å². The normalized spacial score (nSPS) is 22.3. The molecule has 2 fully saturated rings. The van der Waals surface area contributed by atoms with Crippen LogP contribution < -0.4 is 10.2 Å². The predicted molar refractivity (Wildman–Crippen MR) is 104 cm³/mol. The fourth-order valence-electron chi connectivity index (χ4n) is 3.64. The molecule has 2 N–H and O–H groups in total. The van der Waals surface area contributed by atoms with E-state index in [-0.39, 0.29) is 29.8 Å². The molecular formula is C19H27N3O5S. The Balaban J connectivity index is 1.69. The summed E-state index contributed by atoms with van der Waals surface area (Å²) in [4.78, 5) is 25.9. The van der Waals surface area contributed by atoms with Gasteiger partial charge in [-0.15, -0.1) is 0 Å². The van der Waals surface area contributed by atoms with Gasteiger partial charge in [-0.1, -0.05) is 0 Å². The van der Waals surface area contributed by atoms with Crippen molar-refractivity contribution in [1.29, 1.82) is 0 Å². The van der Waals surface area contributed by atoms with E-state index in [0.717, 1.165) is 6.42 Å². The molecule has 28 heavy (non-hydrogen) atoms.